The van der Waals surface area contributed by atoms with Crippen molar-refractivity contribution in [1.29, 1.82) is 0 Å². The number of nitrogens with two attached hydrogens (primary N) is 1. The zero-order valence-electron chi connectivity index (χ0n) is 6.00. The first-order valence-corrected chi connectivity index (χ1v) is 2.97. The quantitative estimate of drug-likeness (QED) is 0.460. The van der Waals surface area contributed by atoms with E-state index in [-0.39, 0.29) is 0 Å². The topological polar surface area (TPSA) is 43.1 Å². The number of rotatable bonds is 3. The van der Waals surface area contributed by atoms with Crippen LogP contribution in [-0.4, -0.2) is 5.91 Å². The molecule has 0 heterocycles. The Morgan fingerprint density at radius 2 is 2.20 bits per heavy atom. The van der Waals surface area contributed by atoms with Crippen molar-refractivity contribution in [1.82, 2.24) is 0 Å². The van der Waals surface area contributed by atoms with Gasteiger partial charge in [-0.15, -0.1) is 0 Å². The summed E-state index contributed by atoms with van der Waals surface area (Å²) in [5.74, 6) is -0.432. The summed E-state index contributed by atoms with van der Waals surface area (Å²) in [6.07, 6.45) is 6.49. The van der Waals surface area contributed by atoms with Gasteiger partial charge in [0.1, 0.15) is 0 Å². The van der Waals surface area contributed by atoms with Gasteiger partial charge in [0.05, 0.1) is 0 Å². The third-order valence-electron chi connectivity index (χ3n) is 0.928. The maximum Gasteiger partial charge on any atom is 0.248 e. The van der Waals surface area contributed by atoms with Crippen molar-refractivity contribution in [3.05, 3.63) is 36.5 Å². The Labute approximate surface area is 60.7 Å². The minimum Gasteiger partial charge on any atom is -0.366 e. The summed E-state index contributed by atoms with van der Waals surface area (Å²) in [5.41, 5.74) is 5.47. The second-order valence-electron chi connectivity index (χ2n) is 1.72. The van der Waals surface area contributed by atoms with Crippen molar-refractivity contribution in [3.63, 3.8) is 0 Å². The summed E-state index contributed by atoms with van der Waals surface area (Å²) < 4.78 is 0. The lowest BCUT2D eigenvalue weighted by molar-refractivity contribution is -0.114. The van der Waals surface area contributed by atoms with Crippen LogP contribution in [0.1, 0.15) is 6.92 Å². The van der Waals surface area contributed by atoms with Gasteiger partial charge in [0.2, 0.25) is 5.91 Å². The largest absolute Gasteiger partial charge is 0.366 e. The highest BCUT2D eigenvalue weighted by molar-refractivity contribution is 5.95. The molecule has 0 aromatic heterocycles. The van der Waals surface area contributed by atoms with Crippen LogP contribution >= 0.6 is 0 Å². The van der Waals surface area contributed by atoms with E-state index in [1.54, 1.807) is 18.2 Å². The van der Waals surface area contributed by atoms with Crippen molar-refractivity contribution in [2.24, 2.45) is 5.73 Å². The van der Waals surface area contributed by atoms with Gasteiger partial charge in [-0.3, -0.25) is 4.79 Å². The van der Waals surface area contributed by atoms with E-state index in [1.807, 2.05) is 6.92 Å². The van der Waals surface area contributed by atoms with E-state index in [1.165, 1.54) is 6.08 Å². The van der Waals surface area contributed by atoms with Crippen molar-refractivity contribution in [2.75, 3.05) is 0 Å². The van der Waals surface area contributed by atoms with E-state index in [2.05, 4.69) is 6.58 Å². The van der Waals surface area contributed by atoms with E-state index in [0.717, 1.165) is 0 Å². The molecule has 0 saturated carbocycles. The van der Waals surface area contributed by atoms with E-state index in [9.17, 15) is 4.79 Å². The molecule has 54 valence electrons. The molecule has 10 heavy (non-hydrogen) atoms. The first-order valence-electron chi connectivity index (χ1n) is 2.97. The fourth-order valence-corrected chi connectivity index (χ4v) is 0.526. The molecule has 0 radical (unpaired) electrons. The fraction of sp³-hybridized carbons (Fsp3) is 0.125. The Balaban J connectivity index is 4.41. The van der Waals surface area contributed by atoms with Gasteiger partial charge in [-0.1, -0.05) is 30.9 Å². The molecule has 0 atom stereocenters. The molecule has 2 N–H and O–H groups in total. The molecule has 0 bridgehead atoms. The van der Waals surface area contributed by atoms with E-state index < -0.39 is 5.91 Å². The first-order chi connectivity index (χ1) is 4.72. The maximum absolute atomic E-state index is 10.5. The van der Waals surface area contributed by atoms with Crippen molar-refractivity contribution < 1.29 is 4.79 Å². The summed E-state index contributed by atoms with van der Waals surface area (Å²) >= 11 is 0. The summed E-state index contributed by atoms with van der Waals surface area (Å²) in [6, 6.07) is 0. The summed E-state index contributed by atoms with van der Waals surface area (Å²) in [6.45, 7) is 5.27. The molecular weight excluding hydrogens is 126 g/mol. The van der Waals surface area contributed by atoms with Crippen LogP contribution in [0.5, 0.6) is 0 Å². The number of hydrogen-bond donors (Lipinski definition) is 1. The second-order valence-corrected chi connectivity index (χ2v) is 1.72. The highest BCUT2D eigenvalue weighted by atomic mass is 16.1. The molecule has 2 heteroatoms. The number of primary amides is 1. The lowest BCUT2D eigenvalue weighted by Gasteiger charge is -1.90. The number of allylic oxidation sites excluding steroid dienone is 3. The molecule has 0 aromatic carbocycles. The van der Waals surface area contributed by atoms with Gasteiger partial charge in [0.15, 0.2) is 0 Å². The zero-order valence-corrected chi connectivity index (χ0v) is 6.00. The Morgan fingerprint density at radius 3 is 2.50 bits per heavy atom. The van der Waals surface area contributed by atoms with Crippen LogP contribution in [-0.2, 0) is 4.79 Å². The lowest BCUT2D eigenvalue weighted by Crippen LogP contribution is -2.11. The van der Waals surface area contributed by atoms with Gasteiger partial charge in [0.25, 0.3) is 0 Å². The Hall–Kier alpha value is -1.31. The van der Waals surface area contributed by atoms with Crippen LogP contribution < -0.4 is 5.73 Å². The van der Waals surface area contributed by atoms with Gasteiger partial charge in [0, 0.05) is 5.57 Å². The normalized spacial score (nSPS) is 11.9. The smallest absolute Gasteiger partial charge is 0.248 e. The highest BCUT2D eigenvalue weighted by Gasteiger charge is 1.95. The van der Waals surface area contributed by atoms with Crippen molar-refractivity contribution in [3.8, 4) is 0 Å². The number of carbonyl (C=O) groups excluding carboxylic acids is 1. The Bertz CT molecular complexity index is 189. The molecule has 0 saturated heterocycles. The van der Waals surface area contributed by atoms with Gasteiger partial charge >= 0.3 is 0 Å². The number of amides is 1. The summed E-state index contributed by atoms with van der Waals surface area (Å²) in [4.78, 5) is 10.5. The van der Waals surface area contributed by atoms with Gasteiger partial charge < -0.3 is 5.73 Å². The van der Waals surface area contributed by atoms with E-state index in [4.69, 9.17) is 5.73 Å². The second kappa shape index (κ2) is 4.56. The fourth-order valence-electron chi connectivity index (χ4n) is 0.526. The molecule has 0 spiro atoms. The van der Waals surface area contributed by atoms with Crippen LogP contribution in [0.2, 0.25) is 0 Å². The summed E-state index contributed by atoms with van der Waals surface area (Å²) in [7, 11) is 0. The Morgan fingerprint density at radius 1 is 1.60 bits per heavy atom. The minimum absolute atomic E-state index is 0.432. The molecule has 0 unspecified atom stereocenters. The van der Waals surface area contributed by atoms with E-state index in [0.29, 0.717) is 5.57 Å². The number of carbonyl (C=O) groups is 1. The monoisotopic (exact) mass is 137 g/mol. The summed E-state index contributed by atoms with van der Waals surface area (Å²) in [5, 5.41) is 0. The standard InChI is InChI=1S/C8H11NO/c1-3-5-7(6-4-2)8(9)10/h3-6H,1H2,2H3,(H2,9,10)/b6-4-,7-5+. The molecule has 0 rings (SSSR count). The lowest BCUT2D eigenvalue weighted by atomic mass is 10.2. The molecule has 0 fully saturated rings. The van der Waals surface area contributed by atoms with Crippen LogP contribution in [0.15, 0.2) is 36.5 Å². The molecule has 0 aliphatic carbocycles. The van der Waals surface area contributed by atoms with E-state index >= 15 is 0 Å². The molecule has 0 aromatic rings. The third-order valence-corrected chi connectivity index (χ3v) is 0.928. The van der Waals surface area contributed by atoms with Crippen molar-refractivity contribution in [2.45, 2.75) is 6.92 Å². The molecule has 1 amide bonds. The predicted octanol–water partition coefficient (Wildman–Crippen LogP) is 1.16. The zero-order chi connectivity index (χ0) is 7.98. The maximum atomic E-state index is 10.5. The van der Waals surface area contributed by atoms with Crippen LogP contribution in [0, 0.1) is 0 Å². The minimum atomic E-state index is -0.432. The first kappa shape index (κ1) is 8.69. The highest BCUT2D eigenvalue weighted by Crippen LogP contribution is 1.94. The molecular formula is C8H11NO. The van der Waals surface area contributed by atoms with Gasteiger partial charge in [-0.2, -0.15) is 0 Å². The third kappa shape index (κ3) is 2.87. The van der Waals surface area contributed by atoms with Crippen LogP contribution in [0.3, 0.4) is 0 Å². The molecule has 0 aliphatic rings. The number of hydrogen-bond acceptors (Lipinski definition) is 1. The predicted molar refractivity (Wildman–Crippen MR) is 42.3 cm³/mol. The van der Waals surface area contributed by atoms with Crippen LogP contribution in [0.4, 0.5) is 0 Å². The molecule has 2 nitrogen and oxygen atoms in total. The molecule has 0 aliphatic heterocycles. The van der Waals surface area contributed by atoms with Crippen molar-refractivity contribution >= 4 is 5.91 Å². The van der Waals surface area contributed by atoms with Gasteiger partial charge in [-0.05, 0) is 6.92 Å². The van der Waals surface area contributed by atoms with Gasteiger partial charge in [-0.25, -0.2) is 0 Å². The average molecular weight is 137 g/mol. The van der Waals surface area contributed by atoms with Crippen LogP contribution in [0.25, 0.3) is 0 Å². The SMILES string of the molecule is C=C/C=C(\C=C/C)C(N)=O. The Kier molecular flexibility index (Phi) is 3.96. The average Bonchev–Trinajstić information content (AvgIpc) is 1.87.